The zero-order valence-corrected chi connectivity index (χ0v) is 8.38. The number of halogens is 3. The summed E-state index contributed by atoms with van der Waals surface area (Å²) < 4.78 is -1.13. The molecule has 1 heterocycles. The van der Waals surface area contributed by atoms with Crippen molar-refractivity contribution in [1.82, 2.24) is 10.2 Å². The first-order chi connectivity index (χ1) is 5.08. The third-order valence-electron chi connectivity index (χ3n) is 1.61. The van der Waals surface area contributed by atoms with Crippen molar-refractivity contribution in [3.63, 3.8) is 0 Å². The summed E-state index contributed by atoms with van der Waals surface area (Å²) in [5.41, 5.74) is 0. The molecular formula is C6H11Cl3N2. The second-order valence-electron chi connectivity index (χ2n) is 2.64. The van der Waals surface area contributed by atoms with E-state index in [1.165, 1.54) is 0 Å². The summed E-state index contributed by atoms with van der Waals surface area (Å²) in [4.78, 5) is 2.14. The van der Waals surface area contributed by atoms with Crippen molar-refractivity contribution in [3.05, 3.63) is 0 Å². The van der Waals surface area contributed by atoms with Gasteiger partial charge in [-0.1, -0.05) is 34.8 Å². The molecule has 0 aromatic carbocycles. The van der Waals surface area contributed by atoms with E-state index in [0.717, 1.165) is 26.2 Å². The molecule has 0 unspecified atom stereocenters. The Balaban J connectivity index is 2.24. The molecule has 5 heteroatoms. The van der Waals surface area contributed by atoms with Crippen LogP contribution >= 0.6 is 34.8 Å². The largest absolute Gasteiger partial charge is 0.314 e. The minimum atomic E-state index is -1.13. The second-order valence-corrected chi connectivity index (χ2v) is 5.16. The predicted octanol–water partition coefficient (Wildman–Crippen LogP) is 1.26. The van der Waals surface area contributed by atoms with E-state index in [4.69, 9.17) is 34.8 Å². The summed E-state index contributed by atoms with van der Waals surface area (Å²) in [6, 6.07) is 0. The number of alkyl halides is 3. The zero-order valence-electron chi connectivity index (χ0n) is 6.12. The van der Waals surface area contributed by atoms with E-state index in [9.17, 15) is 0 Å². The van der Waals surface area contributed by atoms with E-state index in [2.05, 4.69) is 10.2 Å². The van der Waals surface area contributed by atoms with E-state index in [1.807, 2.05) is 0 Å². The molecule has 0 aliphatic carbocycles. The van der Waals surface area contributed by atoms with Crippen LogP contribution in [-0.2, 0) is 0 Å². The van der Waals surface area contributed by atoms with Crippen molar-refractivity contribution in [2.75, 3.05) is 32.7 Å². The fraction of sp³-hybridized carbons (Fsp3) is 1.00. The molecular weight excluding hydrogens is 206 g/mol. The highest BCUT2D eigenvalue weighted by Crippen LogP contribution is 2.26. The van der Waals surface area contributed by atoms with Gasteiger partial charge < -0.3 is 5.32 Å². The molecule has 0 bridgehead atoms. The smallest absolute Gasteiger partial charge is 0.203 e. The maximum atomic E-state index is 5.64. The second kappa shape index (κ2) is 4.15. The standard InChI is InChI=1S/C6H11Cl3N2/c7-6(8,9)5-11-3-1-10-2-4-11/h10H,1-5H2. The van der Waals surface area contributed by atoms with Crippen LogP contribution in [0.25, 0.3) is 0 Å². The first-order valence-electron chi connectivity index (χ1n) is 3.58. The molecule has 0 aromatic rings. The fourth-order valence-corrected chi connectivity index (χ4v) is 1.63. The van der Waals surface area contributed by atoms with Gasteiger partial charge in [0.2, 0.25) is 3.79 Å². The summed E-state index contributed by atoms with van der Waals surface area (Å²) in [6.07, 6.45) is 0. The number of rotatable bonds is 1. The first-order valence-corrected chi connectivity index (χ1v) is 4.71. The Morgan fingerprint density at radius 3 is 2.18 bits per heavy atom. The third kappa shape index (κ3) is 4.38. The minimum absolute atomic E-state index is 0.527. The van der Waals surface area contributed by atoms with Gasteiger partial charge in [0, 0.05) is 32.7 Å². The number of hydrogen-bond acceptors (Lipinski definition) is 2. The Morgan fingerprint density at radius 2 is 1.73 bits per heavy atom. The van der Waals surface area contributed by atoms with Crippen molar-refractivity contribution in [2.24, 2.45) is 0 Å². The van der Waals surface area contributed by atoms with Gasteiger partial charge in [-0.25, -0.2) is 0 Å². The number of nitrogens with zero attached hydrogens (tertiary/aromatic N) is 1. The van der Waals surface area contributed by atoms with Gasteiger partial charge in [-0.15, -0.1) is 0 Å². The quantitative estimate of drug-likeness (QED) is 0.666. The lowest BCUT2D eigenvalue weighted by molar-refractivity contribution is 0.246. The normalized spacial score (nSPS) is 22.1. The van der Waals surface area contributed by atoms with Crippen LogP contribution in [0.4, 0.5) is 0 Å². The summed E-state index contributed by atoms with van der Waals surface area (Å²) in [6.45, 7) is 4.43. The van der Waals surface area contributed by atoms with Crippen LogP contribution in [0.3, 0.4) is 0 Å². The Kier molecular flexibility index (Phi) is 3.72. The lowest BCUT2D eigenvalue weighted by atomic mass is 10.4. The van der Waals surface area contributed by atoms with E-state index in [-0.39, 0.29) is 0 Å². The van der Waals surface area contributed by atoms with Crippen molar-refractivity contribution < 1.29 is 0 Å². The highest BCUT2D eigenvalue weighted by molar-refractivity contribution is 6.67. The average Bonchev–Trinajstić information content (AvgIpc) is 1.85. The molecule has 1 aliphatic heterocycles. The van der Waals surface area contributed by atoms with Gasteiger partial charge in [0.25, 0.3) is 0 Å². The highest BCUT2D eigenvalue weighted by Gasteiger charge is 2.24. The third-order valence-corrected chi connectivity index (χ3v) is 1.97. The van der Waals surface area contributed by atoms with Crippen LogP contribution in [0.5, 0.6) is 0 Å². The summed E-state index contributed by atoms with van der Waals surface area (Å²) in [7, 11) is 0. The molecule has 1 saturated heterocycles. The Bertz CT molecular complexity index is 117. The summed E-state index contributed by atoms with van der Waals surface area (Å²) >= 11 is 16.9. The molecule has 2 nitrogen and oxygen atoms in total. The van der Waals surface area contributed by atoms with Crippen molar-refractivity contribution in [1.29, 1.82) is 0 Å². The van der Waals surface area contributed by atoms with Gasteiger partial charge in [0.15, 0.2) is 0 Å². The molecule has 1 fully saturated rings. The maximum absolute atomic E-state index is 5.64. The monoisotopic (exact) mass is 216 g/mol. The fourth-order valence-electron chi connectivity index (χ4n) is 1.12. The van der Waals surface area contributed by atoms with Gasteiger partial charge in [-0.3, -0.25) is 4.90 Å². The van der Waals surface area contributed by atoms with Crippen LogP contribution in [0, 0.1) is 0 Å². The lowest BCUT2D eigenvalue weighted by Crippen LogP contribution is -2.46. The molecule has 0 atom stereocenters. The lowest BCUT2D eigenvalue weighted by Gasteiger charge is -2.29. The van der Waals surface area contributed by atoms with Gasteiger partial charge in [0.1, 0.15) is 0 Å². The van der Waals surface area contributed by atoms with Gasteiger partial charge in [-0.2, -0.15) is 0 Å². The molecule has 1 rings (SSSR count). The topological polar surface area (TPSA) is 15.3 Å². The number of hydrogen-bond donors (Lipinski definition) is 1. The molecule has 0 spiro atoms. The highest BCUT2D eigenvalue weighted by atomic mass is 35.6. The maximum Gasteiger partial charge on any atom is 0.203 e. The van der Waals surface area contributed by atoms with E-state index in [0.29, 0.717) is 6.54 Å². The SMILES string of the molecule is ClC(Cl)(Cl)CN1CCNCC1. The van der Waals surface area contributed by atoms with Crippen LogP contribution in [0.15, 0.2) is 0 Å². The predicted molar refractivity (Wildman–Crippen MR) is 49.6 cm³/mol. The molecule has 66 valence electrons. The molecule has 0 amide bonds. The minimum Gasteiger partial charge on any atom is -0.314 e. The molecule has 0 saturated carbocycles. The number of piperazine rings is 1. The van der Waals surface area contributed by atoms with Gasteiger partial charge in [-0.05, 0) is 0 Å². The Labute approximate surface area is 81.8 Å². The number of nitrogens with one attached hydrogen (secondary N) is 1. The zero-order chi connectivity index (χ0) is 8.32. The van der Waals surface area contributed by atoms with Crippen LogP contribution in [-0.4, -0.2) is 41.4 Å². The molecule has 1 aliphatic rings. The molecule has 1 N–H and O–H groups in total. The van der Waals surface area contributed by atoms with Crippen molar-refractivity contribution in [2.45, 2.75) is 3.79 Å². The van der Waals surface area contributed by atoms with Crippen LogP contribution in [0.1, 0.15) is 0 Å². The van der Waals surface area contributed by atoms with Crippen molar-refractivity contribution >= 4 is 34.8 Å². The molecule has 11 heavy (non-hydrogen) atoms. The summed E-state index contributed by atoms with van der Waals surface area (Å²) in [5, 5.41) is 3.23. The van der Waals surface area contributed by atoms with Crippen LogP contribution < -0.4 is 5.32 Å². The Hall–Kier alpha value is 0.790. The molecule has 0 aromatic heterocycles. The van der Waals surface area contributed by atoms with E-state index >= 15 is 0 Å². The first kappa shape index (κ1) is 9.87. The van der Waals surface area contributed by atoms with Crippen molar-refractivity contribution in [3.8, 4) is 0 Å². The summed E-state index contributed by atoms with van der Waals surface area (Å²) in [5.74, 6) is 0. The average molecular weight is 218 g/mol. The van der Waals surface area contributed by atoms with Gasteiger partial charge >= 0.3 is 0 Å². The van der Waals surface area contributed by atoms with E-state index < -0.39 is 3.79 Å². The Morgan fingerprint density at radius 1 is 1.18 bits per heavy atom. The van der Waals surface area contributed by atoms with E-state index in [1.54, 1.807) is 0 Å². The van der Waals surface area contributed by atoms with Gasteiger partial charge in [0.05, 0.1) is 0 Å². The molecule has 0 radical (unpaired) electrons. The van der Waals surface area contributed by atoms with Crippen LogP contribution in [0.2, 0.25) is 0 Å².